The molecule has 3 saturated carbocycles. The lowest BCUT2D eigenvalue weighted by Gasteiger charge is -2.62. The van der Waals surface area contributed by atoms with Crippen LogP contribution in [0.4, 0.5) is 4.39 Å². The molecule has 0 amide bonds. The molecule has 1 aromatic carbocycles. The van der Waals surface area contributed by atoms with Crippen molar-refractivity contribution in [2.24, 2.45) is 29.7 Å². The fourth-order valence-electron chi connectivity index (χ4n) is 9.79. The van der Waals surface area contributed by atoms with Crippen LogP contribution < -0.4 is 0 Å². The predicted molar refractivity (Wildman–Crippen MR) is 169 cm³/mol. The third-order valence-corrected chi connectivity index (χ3v) is 12.7. The molecule has 258 valence electrons. The summed E-state index contributed by atoms with van der Waals surface area (Å²) in [5.74, 6) is -2.20. The second kappa shape index (κ2) is 11.4. The molecule has 4 aliphatic carbocycles. The molecule has 1 aromatic heterocycles. The number of Topliss-reactive ketones (excluding diaryl/α,β-unsaturated/α-hetero) is 1. The van der Waals surface area contributed by atoms with E-state index in [9.17, 15) is 34.2 Å². The van der Waals surface area contributed by atoms with E-state index in [2.05, 4.69) is 0 Å². The summed E-state index contributed by atoms with van der Waals surface area (Å²) in [5, 5.41) is 21.2. The Balaban J connectivity index is 1.24. The van der Waals surface area contributed by atoms with Crippen molar-refractivity contribution in [3.05, 3.63) is 82.7 Å². The Labute approximate surface area is 277 Å². The maximum Gasteiger partial charge on any atom is 0.470 e. The number of alkyl halides is 1. The fraction of sp³-hybridized carbons (Fsp3) is 0.543. The number of phosphoric acid groups is 1. The van der Waals surface area contributed by atoms with Crippen LogP contribution in [-0.2, 0) is 48.2 Å². The Morgan fingerprint density at radius 1 is 1.12 bits per heavy atom. The molecule has 7 rings (SSSR count). The molecule has 0 unspecified atom stereocenters. The molecule has 4 fully saturated rings. The van der Waals surface area contributed by atoms with Gasteiger partial charge in [-0.05, 0) is 73.9 Å². The Morgan fingerprint density at radius 3 is 2.52 bits per heavy atom. The molecular weight excluding hydrogens is 644 g/mol. The number of fused-ring (bicyclic) bond motifs is 7. The summed E-state index contributed by atoms with van der Waals surface area (Å²) in [6, 6.07) is 11.3. The Kier molecular flexibility index (Phi) is 7.97. The summed E-state index contributed by atoms with van der Waals surface area (Å²) < 4.78 is 49.3. The zero-order valence-electron chi connectivity index (χ0n) is 27.0. The third-order valence-electron chi connectivity index (χ3n) is 12.3. The van der Waals surface area contributed by atoms with E-state index in [0.29, 0.717) is 30.5 Å². The maximum atomic E-state index is 17.7. The number of benzene rings is 1. The highest BCUT2D eigenvalue weighted by molar-refractivity contribution is 7.46. The number of aromatic nitrogens is 1. The molecule has 0 radical (unpaired) electrons. The molecule has 2 aromatic rings. The van der Waals surface area contributed by atoms with Crippen LogP contribution in [0, 0.1) is 22.7 Å². The van der Waals surface area contributed by atoms with Crippen LogP contribution in [0.25, 0.3) is 0 Å². The highest BCUT2D eigenvalue weighted by atomic mass is 31.2. The minimum atomic E-state index is -5.04. The van der Waals surface area contributed by atoms with Gasteiger partial charge in [0.2, 0.25) is 6.29 Å². The summed E-state index contributed by atoms with van der Waals surface area (Å²) in [5.41, 5.74) is -2.39. The number of ketones is 2. The van der Waals surface area contributed by atoms with Crippen LogP contribution in [0.3, 0.4) is 0 Å². The number of hydrogen-bond acceptors (Lipinski definition) is 8. The quantitative estimate of drug-likeness (QED) is 0.300. The third kappa shape index (κ3) is 4.75. The molecule has 0 spiro atoms. The first-order chi connectivity index (χ1) is 22.6. The number of allylic oxidation sites excluding steroid dienone is 4. The van der Waals surface area contributed by atoms with Crippen molar-refractivity contribution in [1.29, 1.82) is 0 Å². The zero-order valence-corrected chi connectivity index (χ0v) is 27.9. The number of carbonyl (C=O) groups excluding carboxylic acids is 2. The van der Waals surface area contributed by atoms with Gasteiger partial charge in [0.05, 0.1) is 24.5 Å². The lowest BCUT2D eigenvalue weighted by atomic mass is 9.44. The van der Waals surface area contributed by atoms with E-state index in [0.717, 1.165) is 16.8 Å². The van der Waals surface area contributed by atoms with Crippen LogP contribution >= 0.6 is 7.82 Å². The predicted octanol–water partition coefficient (Wildman–Crippen LogP) is 3.92. The van der Waals surface area contributed by atoms with Crippen LogP contribution in [0.2, 0.25) is 0 Å². The summed E-state index contributed by atoms with van der Waals surface area (Å²) in [4.78, 5) is 45.4. The average Bonchev–Trinajstić information content (AvgIpc) is 3.66. The monoisotopic (exact) mass is 685 g/mol. The van der Waals surface area contributed by atoms with Gasteiger partial charge in [-0.2, -0.15) is 0 Å². The van der Waals surface area contributed by atoms with E-state index in [1.54, 1.807) is 19.9 Å². The number of ether oxygens (including phenoxy) is 2. The minimum absolute atomic E-state index is 0.0505. The normalized spacial score (nSPS) is 38.6. The van der Waals surface area contributed by atoms with E-state index in [4.69, 9.17) is 14.0 Å². The van der Waals surface area contributed by atoms with Crippen LogP contribution in [0.1, 0.15) is 68.3 Å². The Hall–Kier alpha value is -2.80. The minimum Gasteiger partial charge on any atom is -0.392 e. The standard InChI is InChI=1S/C35H41FNO10P/c1-32-13-12-24(39)15-22(32)8-10-25-26-16-30-35(29(41)19-45-48(42,43)44,33(26,2)17-28(40)34(25,32)36)47-31(46-30)27-11-9-23(37(27)3)14-20-4-6-21(18-38)7-5-20/h4-7,9,11-13,15,25-26,28,30-31,38,40H,8,10,14,16-19H2,1-3H3,(H2,42,43,44)/t25-,26-,28-,30+,31+,32-,33-,34-,35+/m0/s1. The molecular formula is C35H41FNO10P. The lowest BCUT2D eigenvalue weighted by Crippen LogP contribution is -2.69. The summed E-state index contributed by atoms with van der Waals surface area (Å²) >= 11 is 0. The Bertz CT molecular complexity index is 1770. The first-order valence-corrected chi connectivity index (χ1v) is 17.8. The van der Waals surface area contributed by atoms with Crippen LogP contribution in [-0.4, -0.2) is 66.2 Å². The number of halogens is 1. The van der Waals surface area contributed by atoms with Crippen molar-refractivity contribution in [2.45, 2.75) is 82.3 Å². The van der Waals surface area contributed by atoms with Crippen molar-refractivity contribution in [3.8, 4) is 0 Å². The van der Waals surface area contributed by atoms with Gasteiger partial charge in [0.1, 0.15) is 6.61 Å². The number of carbonyl (C=O) groups is 2. The van der Waals surface area contributed by atoms with Crippen LogP contribution in [0.5, 0.6) is 0 Å². The Morgan fingerprint density at radius 2 is 1.83 bits per heavy atom. The first kappa shape index (κ1) is 33.7. The fourth-order valence-corrected chi connectivity index (χ4v) is 10.1. The molecule has 1 aliphatic heterocycles. The van der Waals surface area contributed by atoms with E-state index in [1.165, 1.54) is 12.2 Å². The van der Waals surface area contributed by atoms with E-state index >= 15 is 4.39 Å². The van der Waals surface area contributed by atoms with E-state index in [1.807, 2.05) is 48.0 Å². The van der Waals surface area contributed by atoms with E-state index < -0.39 is 72.6 Å². The lowest BCUT2D eigenvalue weighted by molar-refractivity contribution is -0.231. The summed E-state index contributed by atoms with van der Waals surface area (Å²) in [6.45, 7) is 2.48. The van der Waals surface area contributed by atoms with Crippen molar-refractivity contribution in [1.82, 2.24) is 4.57 Å². The molecule has 5 aliphatic rings. The molecule has 13 heteroatoms. The van der Waals surface area contributed by atoms with Crippen molar-refractivity contribution in [2.75, 3.05) is 6.61 Å². The van der Waals surface area contributed by atoms with Crippen molar-refractivity contribution < 1.29 is 52.5 Å². The molecule has 48 heavy (non-hydrogen) atoms. The van der Waals surface area contributed by atoms with Crippen LogP contribution in [0.15, 0.2) is 60.2 Å². The molecule has 0 bridgehead atoms. The number of aliphatic hydroxyl groups is 2. The SMILES string of the molecule is Cn1c(Cc2ccc(CO)cc2)ccc1[C@@H]1O[C@@H]2C[C@H]3[C@@H]4CCC5=CC(=O)C=C[C@]5(C)[C@@]4(F)[C@@H](O)C[C@]3(C)[C@]2(C(=O)COP(=O)(O)O)O1. The molecule has 9 atom stereocenters. The molecule has 11 nitrogen and oxygen atoms in total. The van der Waals surface area contributed by atoms with Gasteiger partial charge >= 0.3 is 7.82 Å². The number of nitrogens with zero attached hydrogens (tertiary/aromatic N) is 1. The van der Waals surface area contributed by atoms with Crippen molar-refractivity contribution >= 4 is 19.4 Å². The highest BCUT2D eigenvalue weighted by Gasteiger charge is 2.79. The maximum absolute atomic E-state index is 17.7. The first-order valence-electron chi connectivity index (χ1n) is 16.3. The number of rotatable bonds is 8. The number of phosphoric ester groups is 1. The van der Waals surface area contributed by atoms with Gasteiger partial charge in [-0.3, -0.25) is 14.1 Å². The molecule has 1 saturated heterocycles. The van der Waals surface area contributed by atoms with Gasteiger partial charge < -0.3 is 34.0 Å². The van der Waals surface area contributed by atoms with Crippen molar-refractivity contribution in [3.63, 3.8) is 0 Å². The van der Waals surface area contributed by atoms with Gasteiger partial charge in [0.15, 0.2) is 22.8 Å². The zero-order chi connectivity index (χ0) is 34.4. The number of aliphatic hydroxyl groups excluding tert-OH is 2. The second-order valence-electron chi connectivity index (χ2n) is 14.5. The smallest absolute Gasteiger partial charge is 0.392 e. The highest BCUT2D eigenvalue weighted by Crippen LogP contribution is 2.72. The van der Waals surface area contributed by atoms with Gasteiger partial charge in [-0.25, -0.2) is 8.96 Å². The van der Waals surface area contributed by atoms with E-state index in [-0.39, 0.29) is 25.2 Å². The topological polar surface area (TPSA) is 165 Å². The second-order valence-corrected chi connectivity index (χ2v) is 15.7. The molecule has 2 heterocycles. The van der Waals surface area contributed by atoms with Gasteiger partial charge in [0.25, 0.3) is 0 Å². The van der Waals surface area contributed by atoms with Gasteiger partial charge in [0, 0.05) is 35.9 Å². The summed E-state index contributed by atoms with van der Waals surface area (Å²) in [7, 11) is -3.19. The van der Waals surface area contributed by atoms with Gasteiger partial charge in [-0.15, -0.1) is 0 Å². The summed E-state index contributed by atoms with van der Waals surface area (Å²) in [6.07, 6.45) is 2.21. The van der Waals surface area contributed by atoms with Gasteiger partial charge in [-0.1, -0.05) is 42.8 Å². The largest absolute Gasteiger partial charge is 0.470 e. The average molecular weight is 686 g/mol. The molecule has 4 N–H and O–H groups in total. The number of hydrogen-bond donors (Lipinski definition) is 4.